The van der Waals surface area contributed by atoms with E-state index in [0.29, 0.717) is 23.7 Å². The first-order chi connectivity index (χ1) is 17.0. The minimum Gasteiger partial charge on any atom is -0.407 e. The summed E-state index contributed by atoms with van der Waals surface area (Å²) in [6.07, 6.45) is 4.64. The predicted molar refractivity (Wildman–Crippen MR) is 152 cm³/mol. The number of allylic oxidation sites excluding steroid dienone is 2. The summed E-state index contributed by atoms with van der Waals surface area (Å²) in [7, 11) is -2.60. The molecule has 1 saturated heterocycles. The molecule has 3 nitrogen and oxygen atoms in total. The third kappa shape index (κ3) is 5.15. The first-order valence-electron chi connectivity index (χ1n) is 13.7. The molecule has 0 spiro atoms. The van der Waals surface area contributed by atoms with Gasteiger partial charge in [-0.3, -0.25) is 0 Å². The second kappa shape index (κ2) is 10.6. The third-order valence-corrected chi connectivity index (χ3v) is 14.0. The summed E-state index contributed by atoms with van der Waals surface area (Å²) < 4.78 is 13.4. The van der Waals surface area contributed by atoms with Gasteiger partial charge in [-0.05, 0) is 65.8 Å². The van der Waals surface area contributed by atoms with Crippen LogP contribution in [-0.4, -0.2) is 38.3 Å². The smallest absolute Gasteiger partial charge is 0.261 e. The number of aliphatic hydroxyl groups is 1. The molecule has 2 aliphatic rings. The Labute approximate surface area is 220 Å². The highest BCUT2D eigenvalue weighted by Gasteiger charge is 2.55. The van der Waals surface area contributed by atoms with Gasteiger partial charge >= 0.3 is 0 Å². The molecule has 0 bridgehead atoms. The van der Waals surface area contributed by atoms with Crippen LogP contribution in [0.15, 0.2) is 72.3 Å². The largest absolute Gasteiger partial charge is 0.407 e. The van der Waals surface area contributed by atoms with Gasteiger partial charge in [0.25, 0.3) is 8.32 Å². The molecular formula is C32H46O3Si. The minimum absolute atomic E-state index is 0.0346. The number of hydrogen-bond acceptors (Lipinski definition) is 3. The molecule has 1 N–H and O–H groups in total. The quantitative estimate of drug-likeness (QED) is 0.259. The topological polar surface area (TPSA) is 42.0 Å². The standard InChI is InChI=1S/C32H46O3Si/c1-23(2)27-19-18-24(3)28(20-30-32(7,22-33)35-30)29(27)21-34-36(31(4,5)6,25-14-10-8-11-15-25)26-16-12-9-13-17-26/h8-18,23,27-30,33H,19-22H2,1-7H3/t27-,28+,29-,30-,32+/m1/s1. The normalized spacial score (nSPS) is 28.8. The maximum absolute atomic E-state index is 9.83. The Morgan fingerprint density at radius 3 is 2.03 bits per heavy atom. The summed E-state index contributed by atoms with van der Waals surface area (Å²) in [4.78, 5) is 0. The van der Waals surface area contributed by atoms with E-state index in [9.17, 15) is 5.11 Å². The van der Waals surface area contributed by atoms with Gasteiger partial charge in [0.15, 0.2) is 0 Å². The van der Waals surface area contributed by atoms with E-state index in [2.05, 4.69) is 108 Å². The summed E-state index contributed by atoms with van der Waals surface area (Å²) in [5, 5.41) is 12.5. The predicted octanol–water partition coefficient (Wildman–Crippen LogP) is 5.96. The summed E-state index contributed by atoms with van der Waals surface area (Å²) in [5.41, 5.74) is 1.08. The SMILES string of the molecule is CC1=CC[C@H](C(C)C)[C@@H](CO[Si](c2ccccc2)(c2ccccc2)C(C)(C)C)[C@H]1C[C@H]1O[C@@]1(C)CO. The Hall–Kier alpha value is -1.72. The highest BCUT2D eigenvalue weighted by Crippen LogP contribution is 2.48. The monoisotopic (exact) mass is 506 g/mol. The zero-order chi connectivity index (χ0) is 26.1. The van der Waals surface area contributed by atoms with Gasteiger partial charge in [0, 0.05) is 6.61 Å². The molecule has 0 radical (unpaired) electrons. The van der Waals surface area contributed by atoms with Crippen LogP contribution in [0.1, 0.15) is 61.3 Å². The van der Waals surface area contributed by atoms with Crippen LogP contribution in [0.2, 0.25) is 5.04 Å². The summed E-state index contributed by atoms with van der Waals surface area (Å²) in [6, 6.07) is 21.9. The van der Waals surface area contributed by atoms with Crippen LogP contribution >= 0.6 is 0 Å². The molecular weight excluding hydrogens is 460 g/mol. The average Bonchev–Trinajstić information content (AvgIpc) is 3.51. The second-order valence-electron chi connectivity index (χ2n) is 12.6. The van der Waals surface area contributed by atoms with Crippen LogP contribution in [0.4, 0.5) is 0 Å². The van der Waals surface area contributed by atoms with E-state index in [1.165, 1.54) is 15.9 Å². The molecule has 36 heavy (non-hydrogen) atoms. The van der Waals surface area contributed by atoms with Gasteiger partial charge in [-0.25, -0.2) is 0 Å². The molecule has 1 aliphatic carbocycles. The fourth-order valence-electron chi connectivity index (χ4n) is 6.59. The zero-order valence-electron chi connectivity index (χ0n) is 23.3. The Kier molecular flexibility index (Phi) is 8.02. The maximum atomic E-state index is 9.83. The van der Waals surface area contributed by atoms with E-state index in [1.807, 2.05) is 6.92 Å². The fourth-order valence-corrected chi connectivity index (χ4v) is 11.2. The lowest BCUT2D eigenvalue weighted by atomic mass is 9.67. The molecule has 4 heteroatoms. The van der Waals surface area contributed by atoms with Gasteiger partial charge in [0.05, 0.1) is 12.7 Å². The highest BCUT2D eigenvalue weighted by atomic mass is 28.4. The summed E-state index contributed by atoms with van der Waals surface area (Å²) in [6.45, 7) is 16.9. The van der Waals surface area contributed by atoms with E-state index >= 15 is 0 Å². The average molecular weight is 507 g/mol. The van der Waals surface area contributed by atoms with Crippen molar-refractivity contribution < 1.29 is 14.3 Å². The van der Waals surface area contributed by atoms with E-state index in [0.717, 1.165) is 19.4 Å². The van der Waals surface area contributed by atoms with E-state index in [1.54, 1.807) is 0 Å². The van der Waals surface area contributed by atoms with Crippen molar-refractivity contribution in [3.05, 3.63) is 72.3 Å². The van der Waals surface area contributed by atoms with Gasteiger partial charge < -0.3 is 14.3 Å². The number of aliphatic hydroxyl groups excluding tert-OH is 1. The Balaban J connectivity index is 1.73. The summed E-state index contributed by atoms with van der Waals surface area (Å²) >= 11 is 0. The first-order valence-corrected chi connectivity index (χ1v) is 15.6. The molecule has 196 valence electrons. The molecule has 0 saturated carbocycles. The van der Waals surface area contributed by atoms with Crippen molar-refractivity contribution in [1.82, 2.24) is 0 Å². The zero-order valence-corrected chi connectivity index (χ0v) is 24.3. The lowest BCUT2D eigenvalue weighted by Crippen LogP contribution is -2.67. The number of epoxide rings is 1. The van der Waals surface area contributed by atoms with Crippen molar-refractivity contribution in [3.8, 4) is 0 Å². The number of hydrogen-bond donors (Lipinski definition) is 1. The lowest BCUT2D eigenvalue weighted by molar-refractivity contribution is 0.0996. The van der Waals surface area contributed by atoms with Crippen molar-refractivity contribution in [2.75, 3.05) is 13.2 Å². The molecule has 5 atom stereocenters. The first kappa shape index (κ1) is 27.3. The van der Waals surface area contributed by atoms with Crippen LogP contribution in [0, 0.1) is 23.7 Å². The van der Waals surface area contributed by atoms with Crippen LogP contribution in [0.3, 0.4) is 0 Å². The van der Waals surface area contributed by atoms with Crippen molar-refractivity contribution in [2.45, 2.75) is 78.1 Å². The Bertz CT molecular complexity index is 987. The molecule has 2 aromatic carbocycles. The number of benzene rings is 2. The van der Waals surface area contributed by atoms with E-state index in [4.69, 9.17) is 9.16 Å². The van der Waals surface area contributed by atoms with Gasteiger partial charge in [-0.1, -0.05) is 107 Å². The molecule has 1 fully saturated rings. The molecule has 0 amide bonds. The van der Waals surface area contributed by atoms with Crippen molar-refractivity contribution in [2.24, 2.45) is 23.7 Å². The Morgan fingerprint density at radius 2 is 1.58 bits per heavy atom. The summed E-state index contributed by atoms with van der Waals surface area (Å²) in [5.74, 6) is 1.97. The van der Waals surface area contributed by atoms with Gasteiger partial charge in [-0.2, -0.15) is 0 Å². The fraction of sp³-hybridized carbons (Fsp3) is 0.562. The second-order valence-corrected chi connectivity index (χ2v) is 17.0. The molecule has 0 unspecified atom stereocenters. The van der Waals surface area contributed by atoms with Crippen LogP contribution in [-0.2, 0) is 9.16 Å². The third-order valence-electron chi connectivity index (χ3n) is 8.95. The number of rotatable bonds is 9. The van der Waals surface area contributed by atoms with Crippen molar-refractivity contribution >= 4 is 18.7 Å². The van der Waals surface area contributed by atoms with Crippen LogP contribution in [0.5, 0.6) is 0 Å². The van der Waals surface area contributed by atoms with E-state index in [-0.39, 0.29) is 23.4 Å². The van der Waals surface area contributed by atoms with E-state index < -0.39 is 8.32 Å². The Morgan fingerprint density at radius 1 is 1.03 bits per heavy atom. The lowest BCUT2D eigenvalue weighted by Gasteiger charge is -2.46. The molecule has 0 aromatic heterocycles. The van der Waals surface area contributed by atoms with Crippen molar-refractivity contribution in [3.63, 3.8) is 0 Å². The molecule has 1 heterocycles. The number of ether oxygens (including phenoxy) is 1. The van der Waals surface area contributed by atoms with Crippen LogP contribution < -0.4 is 10.4 Å². The highest BCUT2D eigenvalue weighted by molar-refractivity contribution is 6.99. The minimum atomic E-state index is -2.60. The van der Waals surface area contributed by atoms with Gasteiger partial charge in [0.2, 0.25) is 0 Å². The van der Waals surface area contributed by atoms with Gasteiger partial charge in [0.1, 0.15) is 5.60 Å². The molecule has 1 aliphatic heterocycles. The van der Waals surface area contributed by atoms with Crippen molar-refractivity contribution in [1.29, 1.82) is 0 Å². The maximum Gasteiger partial charge on any atom is 0.261 e. The van der Waals surface area contributed by atoms with Crippen LogP contribution in [0.25, 0.3) is 0 Å². The van der Waals surface area contributed by atoms with Gasteiger partial charge in [-0.15, -0.1) is 0 Å². The molecule has 2 aromatic rings. The molecule has 4 rings (SSSR count).